The molecule has 0 bridgehead atoms. The molecule has 210 valence electrons. The van der Waals surface area contributed by atoms with Crippen molar-refractivity contribution in [2.75, 3.05) is 35.2 Å². The lowest BCUT2D eigenvalue weighted by Crippen LogP contribution is -2.39. The number of benzene rings is 3. The smallest absolute Gasteiger partial charge is 0.310 e. The van der Waals surface area contributed by atoms with Gasteiger partial charge in [-0.25, -0.2) is 4.98 Å². The van der Waals surface area contributed by atoms with Gasteiger partial charge in [0.25, 0.3) is 0 Å². The summed E-state index contributed by atoms with van der Waals surface area (Å²) >= 11 is 0. The van der Waals surface area contributed by atoms with Gasteiger partial charge in [-0.2, -0.15) is 0 Å². The second kappa shape index (κ2) is 10.6. The first-order chi connectivity index (χ1) is 20.1. The number of imidazole rings is 1. The predicted octanol–water partition coefficient (Wildman–Crippen LogP) is 5.79. The summed E-state index contributed by atoms with van der Waals surface area (Å²) in [6, 6.07) is 22.6. The van der Waals surface area contributed by atoms with Gasteiger partial charge in [0.2, 0.25) is 5.91 Å². The van der Waals surface area contributed by atoms with E-state index in [4.69, 9.17) is 9.72 Å². The van der Waals surface area contributed by atoms with Crippen molar-refractivity contribution in [3.8, 4) is 11.4 Å². The largest absolute Gasteiger partial charge is 0.466 e. The Kier molecular flexibility index (Phi) is 6.61. The monoisotopic (exact) mass is 549 g/mol. The van der Waals surface area contributed by atoms with E-state index >= 15 is 0 Å². The lowest BCUT2D eigenvalue weighted by atomic mass is 9.97. The van der Waals surface area contributed by atoms with Crippen LogP contribution in [0.4, 0.5) is 17.1 Å². The minimum atomic E-state index is -0.460. The lowest BCUT2D eigenvalue weighted by Gasteiger charge is -2.33. The number of carbonyl (C=O) groups excluding carboxylic acids is 2. The summed E-state index contributed by atoms with van der Waals surface area (Å²) in [5, 5.41) is 6.79. The van der Waals surface area contributed by atoms with Crippen LogP contribution in [0.2, 0.25) is 0 Å². The lowest BCUT2D eigenvalue weighted by molar-refractivity contribution is -0.148. The van der Waals surface area contributed by atoms with E-state index in [0.29, 0.717) is 25.6 Å². The van der Waals surface area contributed by atoms with Gasteiger partial charge in [-0.1, -0.05) is 30.3 Å². The molecule has 3 heterocycles. The molecule has 1 aliphatic carbocycles. The van der Waals surface area contributed by atoms with Gasteiger partial charge in [0.1, 0.15) is 11.9 Å². The van der Waals surface area contributed by atoms with E-state index in [0.717, 1.165) is 64.4 Å². The summed E-state index contributed by atoms with van der Waals surface area (Å²) in [6.45, 7) is 3.77. The van der Waals surface area contributed by atoms with Crippen LogP contribution in [0, 0.1) is 5.92 Å². The SMILES string of the molecule is CCOC(=O)C1CCCN(c2ccc3c(c2)nc2n3C(Cc3ccccc3)C(=O)Nc3ccc(NC4CC4)cc3-2)C1. The molecule has 0 radical (unpaired) electrons. The Morgan fingerprint density at radius 1 is 1.07 bits per heavy atom. The third-order valence-electron chi connectivity index (χ3n) is 8.43. The minimum Gasteiger partial charge on any atom is -0.466 e. The molecular formula is C33H35N5O3. The van der Waals surface area contributed by atoms with Crippen LogP contribution < -0.4 is 15.5 Å². The second-order valence-corrected chi connectivity index (χ2v) is 11.4. The van der Waals surface area contributed by atoms with E-state index in [-0.39, 0.29) is 17.8 Å². The van der Waals surface area contributed by atoms with E-state index in [1.165, 1.54) is 12.8 Å². The number of ether oxygens (including phenoxy) is 1. The number of carbonyl (C=O) groups is 2. The number of esters is 1. The number of hydrogen-bond donors (Lipinski definition) is 2. The van der Waals surface area contributed by atoms with Gasteiger partial charge in [0.05, 0.1) is 29.2 Å². The highest BCUT2D eigenvalue weighted by atomic mass is 16.5. The zero-order chi connectivity index (χ0) is 27.9. The number of anilines is 3. The quantitative estimate of drug-likeness (QED) is 0.284. The summed E-state index contributed by atoms with van der Waals surface area (Å²) < 4.78 is 7.44. The summed E-state index contributed by atoms with van der Waals surface area (Å²) in [4.78, 5) is 33.7. The fourth-order valence-corrected chi connectivity index (χ4v) is 6.20. The maximum Gasteiger partial charge on any atom is 0.310 e. The van der Waals surface area contributed by atoms with E-state index in [1.807, 2.05) is 37.3 Å². The van der Waals surface area contributed by atoms with Gasteiger partial charge in [0.15, 0.2) is 0 Å². The van der Waals surface area contributed by atoms with Crippen molar-refractivity contribution in [2.45, 2.75) is 51.1 Å². The minimum absolute atomic E-state index is 0.0477. The molecule has 2 aliphatic heterocycles. The van der Waals surface area contributed by atoms with Crippen LogP contribution in [0.25, 0.3) is 22.4 Å². The first-order valence-electron chi connectivity index (χ1n) is 14.8. The zero-order valence-electron chi connectivity index (χ0n) is 23.3. The number of aromatic nitrogens is 2. The molecule has 1 amide bonds. The van der Waals surface area contributed by atoms with E-state index < -0.39 is 6.04 Å². The molecule has 2 unspecified atom stereocenters. The number of piperidine rings is 1. The van der Waals surface area contributed by atoms with Gasteiger partial charge in [-0.3, -0.25) is 9.59 Å². The van der Waals surface area contributed by atoms with Crippen molar-refractivity contribution in [3.63, 3.8) is 0 Å². The predicted molar refractivity (Wildman–Crippen MR) is 161 cm³/mol. The van der Waals surface area contributed by atoms with Gasteiger partial charge in [-0.15, -0.1) is 0 Å². The van der Waals surface area contributed by atoms with E-state index in [2.05, 4.69) is 56.5 Å². The fourth-order valence-electron chi connectivity index (χ4n) is 6.20. The fraction of sp³-hybridized carbons (Fsp3) is 0.364. The average molecular weight is 550 g/mol. The van der Waals surface area contributed by atoms with Gasteiger partial charge in [-0.05, 0) is 74.6 Å². The number of nitrogens with one attached hydrogen (secondary N) is 2. The van der Waals surface area contributed by atoms with Crippen LogP contribution in [0.3, 0.4) is 0 Å². The Balaban J connectivity index is 1.31. The number of amides is 1. The van der Waals surface area contributed by atoms with Gasteiger partial charge in [0, 0.05) is 42.5 Å². The second-order valence-electron chi connectivity index (χ2n) is 11.4. The normalized spacial score (nSPS) is 20.1. The number of nitrogens with zero attached hydrogens (tertiary/aromatic N) is 3. The van der Waals surface area contributed by atoms with Crippen LogP contribution in [-0.4, -0.2) is 47.2 Å². The summed E-state index contributed by atoms with van der Waals surface area (Å²) in [6.07, 6.45) is 4.70. The van der Waals surface area contributed by atoms with Crippen molar-refractivity contribution in [1.29, 1.82) is 0 Å². The molecule has 2 N–H and O–H groups in total. The molecule has 3 aliphatic rings. The molecule has 8 nitrogen and oxygen atoms in total. The van der Waals surface area contributed by atoms with Gasteiger partial charge < -0.3 is 24.8 Å². The van der Waals surface area contributed by atoms with E-state index in [1.54, 1.807) is 0 Å². The van der Waals surface area contributed by atoms with Crippen LogP contribution in [0.1, 0.15) is 44.2 Å². The Morgan fingerprint density at radius 2 is 1.93 bits per heavy atom. The summed E-state index contributed by atoms with van der Waals surface area (Å²) in [5.74, 6) is 0.498. The molecule has 41 heavy (non-hydrogen) atoms. The van der Waals surface area contributed by atoms with Crippen LogP contribution in [0.5, 0.6) is 0 Å². The topological polar surface area (TPSA) is 88.5 Å². The van der Waals surface area contributed by atoms with Crippen molar-refractivity contribution in [2.24, 2.45) is 5.92 Å². The molecule has 1 saturated heterocycles. The molecule has 0 spiro atoms. The molecule has 4 aromatic rings. The first kappa shape index (κ1) is 25.6. The molecule has 8 heteroatoms. The number of rotatable bonds is 7. The number of hydrogen-bond acceptors (Lipinski definition) is 6. The van der Waals surface area contributed by atoms with E-state index in [9.17, 15) is 9.59 Å². The third kappa shape index (κ3) is 5.03. The molecule has 2 fully saturated rings. The highest BCUT2D eigenvalue weighted by molar-refractivity contribution is 6.02. The van der Waals surface area contributed by atoms with Crippen LogP contribution >= 0.6 is 0 Å². The van der Waals surface area contributed by atoms with Crippen molar-refractivity contribution < 1.29 is 14.3 Å². The maximum atomic E-state index is 13.8. The van der Waals surface area contributed by atoms with Crippen molar-refractivity contribution in [1.82, 2.24) is 9.55 Å². The highest BCUT2D eigenvalue weighted by Crippen LogP contribution is 2.40. The van der Waals surface area contributed by atoms with Crippen LogP contribution in [-0.2, 0) is 20.7 Å². The summed E-state index contributed by atoms with van der Waals surface area (Å²) in [5.41, 5.74) is 6.63. The Labute approximate surface area is 239 Å². The van der Waals surface area contributed by atoms with Crippen LogP contribution in [0.15, 0.2) is 66.7 Å². The highest BCUT2D eigenvalue weighted by Gasteiger charge is 2.33. The molecule has 1 saturated carbocycles. The molecule has 7 rings (SSSR count). The Hall–Kier alpha value is -4.33. The molecular weight excluding hydrogens is 514 g/mol. The number of fused-ring (bicyclic) bond motifs is 5. The standard InChI is InChI=1S/C33H35N5O3/c1-2-41-33(40)22-9-6-16-37(20-22)25-13-15-29-28(19-25)35-31-26-18-24(34-23-10-11-23)12-14-27(26)36-32(39)30(38(29)31)17-21-7-4-3-5-8-21/h3-5,7-8,12-15,18-19,22-23,30,34H,2,6,9-11,16-17,20H2,1H3,(H,36,39). The summed E-state index contributed by atoms with van der Waals surface area (Å²) in [7, 11) is 0. The molecule has 1 aromatic heterocycles. The Morgan fingerprint density at radius 3 is 2.73 bits per heavy atom. The van der Waals surface area contributed by atoms with Gasteiger partial charge >= 0.3 is 5.97 Å². The zero-order valence-corrected chi connectivity index (χ0v) is 23.3. The van der Waals surface area contributed by atoms with Crippen molar-refractivity contribution in [3.05, 3.63) is 72.3 Å². The molecule has 2 atom stereocenters. The van der Waals surface area contributed by atoms with Crippen molar-refractivity contribution >= 4 is 40.0 Å². The first-order valence-corrected chi connectivity index (χ1v) is 14.8. The maximum absolute atomic E-state index is 13.8. The molecule has 3 aromatic carbocycles. The average Bonchev–Trinajstić information content (AvgIpc) is 3.75. The Bertz CT molecular complexity index is 1610. The third-order valence-corrected chi connectivity index (χ3v) is 8.43.